The van der Waals surface area contributed by atoms with Crippen LogP contribution in [-0.2, 0) is 16.6 Å². The van der Waals surface area contributed by atoms with E-state index in [4.69, 9.17) is 14.9 Å². The summed E-state index contributed by atoms with van der Waals surface area (Å²) in [7, 11) is -1.51. The van der Waals surface area contributed by atoms with Gasteiger partial charge in [-0.25, -0.2) is 4.98 Å². The lowest BCUT2D eigenvalue weighted by Crippen LogP contribution is -2.19. The van der Waals surface area contributed by atoms with Gasteiger partial charge in [0.15, 0.2) is 11.8 Å². The number of nitrogens with zero attached hydrogens (tertiary/aromatic N) is 2. The number of fused-ring (bicyclic) bond motifs is 1. The van der Waals surface area contributed by atoms with E-state index in [2.05, 4.69) is 15.0 Å². The van der Waals surface area contributed by atoms with E-state index in [-0.39, 0.29) is 23.6 Å². The molecule has 0 bridgehead atoms. The molecule has 0 spiro atoms. The Hall–Kier alpha value is -2.54. The molecule has 178 valence electrons. The van der Waals surface area contributed by atoms with Gasteiger partial charge in [0, 0.05) is 11.8 Å². The van der Waals surface area contributed by atoms with E-state index in [1.807, 2.05) is 25.1 Å². The standard InChI is InChI=1S/C16H14F3N3O2S.C4H10O2.H2O/c1-10-13(20-7-6-14(10)24-9-16(17,18)19)8-25(23)15-21-11-4-2-3-5-12(11)22-15;1-2-4(6)3-5;/h2-7H,8-9H2,1H3,(H,21,22);4-6H,2-3H2,1H3;1H2/t25-;;/m1../s1. The lowest BCUT2D eigenvalue weighted by atomic mass is 10.2. The average molecular weight is 478 g/mol. The fraction of sp³-hybridized carbons (Fsp3) is 0.400. The Labute approximate surface area is 185 Å². The molecule has 3 rings (SSSR count). The van der Waals surface area contributed by atoms with Gasteiger partial charge in [0.25, 0.3) is 0 Å². The van der Waals surface area contributed by atoms with Crippen molar-refractivity contribution in [3.8, 4) is 5.75 Å². The molecule has 0 saturated heterocycles. The molecule has 2 aromatic heterocycles. The van der Waals surface area contributed by atoms with Crippen molar-refractivity contribution in [2.45, 2.75) is 43.5 Å². The number of benzene rings is 1. The van der Waals surface area contributed by atoms with Crippen LogP contribution in [0.3, 0.4) is 0 Å². The number of hydrogen-bond acceptors (Lipinski definition) is 6. The van der Waals surface area contributed by atoms with E-state index in [1.165, 1.54) is 12.3 Å². The third kappa shape index (κ3) is 8.19. The fourth-order valence-corrected chi connectivity index (χ4v) is 3.48. The molecule has 2 heterocycles. The quantitative estimate of drug-likeness (QED) is 0.478. The van der Waals surface area contributed by atoms with Crippen LogP contribution in [0, 0.1) is 6.92 Å². The van der Waals surface area contributed by atoms with Gasteiger partial charge in [-0.15, -0.1) is 0 Å². The molecule has 5 N–H and O–H groups in total. The minimum absolute atomic E-state index is 0. The molecule has 1 aromatic carbocycles. The Balaban J connectivity index is 0.000000648. The number of imidazole rings is 1. The molecule has 0 aliphatic rings. The number of aromatic nitrogens is 3. The molecule has 2 atom stereocenters. The topological polar surface area (TPSA) is 140 Å². The molecule has 12 heteroatoms. The molecular formula is C20H26F3N3O5S. The maximum Gasteiger partial charge on any atom is 0.422 e. The van der Waals surface area contributed by atoms with Gasteiger partial charge in [0.1, 0.15) is 5.75 Å². The van der Waals surface area contributed by atoms with Crippen molar-refractivity contribution in [1.29, 1.82) is 0 Å². The minimum atomic E-state index is -4.42. The largest absolute Gasteiger partial charge is 0.484 e. The summed E-state index contributed by atoms with van der Waals surface area (Å²) in [5, 5.41) is 16.8. The highest BCUT2D eigenvalue weighted by molar-refractivity contribution is 7.84. The maximum absolute atomic E-state index is 12.5. The number of alkyl halides is 3. The van der Waals surface area contributed by atoms with Crippen LogP contribution in [0.25, 0.3) is 11.0 Å². The summed E-state index contributed by atoms with van der Waals surface area (Å²) in [6, 6.07) is 8.62. The lowest BCUT2D eigenvalue weighted by Gasteiger charge is -2.13. The number of H-pyrrole nitrogens is 1. The molecular weight excluding hydrogens is 451 g/mol. The van der Waals surface area contributed by atoms with E-state index in [0.29, 0.717) is 28.4 Å². The van der Waals surface area contributed by atoms with Crippen LogP contribution in [0.1, 0.15) is 24.6 Å². The molecule has 8 nitrogen and oxygen atoms in total. The van der Waals surface area contributed by atoms with Crippen LogP contribution in [0.2, 0.25) is 0 Å². The van der Waals surface area contributed by atoms with Crippen molar-refractivity contribution in [3.63, 3.8) is 0 Å². The number of rotatable bonds is 7. The Morgan fingerprint density at radius 1 is 1.25 bits per heavy atom. The van der Waals surface area contributed by atoms with Crippen molar-refractivity contribution < 1.29 is 37.8 Å². The third-order valence-corrected chi connectivity index (χ3v) is 5.34. The Morgan fingerprint density at radius 2 is 1.94 bits per heavy atom. The first-order valence-electron chi connectivity index (χ1n) is 9.40. The lowest BCUT2D eigenvalue weighted by molar-refractivity contribution is -0.153. The van der Waals surface area contributed by atoms with E-state index < -0.39 is 29.7 Å². The van der Waals surface area contributed by atoms with Crippen LogP contribution in [-0.4, -0.2) is 60.3 Å². The SMILES string of the molecule is CCC(O)CO.Cc1c(OCC(F)(F)F)ccnc1C[S@@](=O)c1nc2ccccc2[nH]1.O. The first kappa shape index (κ1) is 27.5. The monoisotopic (exact) mass is 477 g/mol. The Bertz CT molecular complexity index is 977. The number of aromatic amines is 1. The van der Waals surface area contributed by atoms with Crippen LogP contribution in [0.15, 0.2) is 41.7 Å². The van der Waals surface area contributed by atoms with Crippen molar-refractivity contribution in [3.05, 3.63) is 47.8 Å². The molecule has 32 heavy (non-hydrogen) atoms. The summed E-state index contributed by atoms with van der Waals surface area (Å²) in [6.45, 7) is 1.91. The van der Waals surface area contributed by atoms with E-state index >= 15 is 0 Å². The minimum Gasteiger partial charge on any atom is -0.484 e. The van der Waals surface area contributed by atoms with Crippen LogP contribution in [0.4, 0.5) is 13.2 Å². The molecule has 0 amide bonds. The molecule has 3 aromatic rings. The number of pyridine rings is 1. The van der Waals surface area contributed by atoms with Gasteiger partial charge in [-0.2, -0.15) is 13.2 Å². The first-order chi connectivity index (χ1) is 14.6. The average Bonchev–Trinajstić information content (AvgIpc) is 3.18. The smallest absolute Gasteiger partial charge is 0.422 e. The van der Waals surface area contributed by atoms with Crippen molar-refractivity contribution in [2.75, 3.05) is 13.2 Å². The number of nitrogens with one attached hydrogen (secondary N) is 1. The highest BCUT2D eigenvalue weighted by Gasteiger charge is 2.29. The van der Waals surface area contributed by atoms with E-state index in [1.54, 1.807) is 13.0 Å². The molecule has 0 saturated carbocycles. The van der Waals surface area contributed by atoms with E-state index in [9.17, 15) is 17.4 Å². The molecule has 0 radical (unpaired) electrons. The highest BCUT2D eigenvalue weighted by Crippen LogP contribution is 2.24. The number of aliphatic hydroxyl groups excluding tert-OH is 2. The van der Waals surface area contributed by atoms with Gasteiger partial charge in [0.2, 0.25) is 0 Å². The normalized spacial score (nSPS) is 13.0. The summed E-state index contributed by atoms with van der Waals surface area (Å²) in [5.74, 6) is 0.0958. The molecule has 1 unspecified atom stereocenters. The highest BCUT2D eigenvalue weighted by atomic mass is 32.2. The number of aliphatic hydroxyl groups is 2. The van der Waals surface area contributed by atoms with Gasteiger partial charge < -0.3 is 25.4 Å². The number of ether oxygens (including phenoxy) is 1. The third-order valence-electron chi connectivity index (χ3n) is 4.18. The maximum atomic E-state index is 12.5. The van der Waals surface area contributed by atoms with Crippen molar-refractivity contribution in [2.24, 2.45) is 0 Å². The summed E-state index contributed by atoms with van der Waals surface area (Å²) < 4.78 is 54.2. The van der Waals surface area contributed by atoms with Crippen LogP contribution < -0.4 is 4.74 Å². The number of para-hydroxylation sites is 2. The molecule has 0 aliphatic heterocycles. The second kappa shape index (κ2) is 12.5. The molecule has 0 fully saturated rings. The zero-order chi connectivity index (χ0) is 23.0. The van der Waals surface area contributed by atoms with Gasteiger partial charge >= 0.3 is 6.18 Å². The second-order valence-electron chi connectivity index (χ2n) is 6.58. The zero-order valence-electron chi connectivity index (χ0n) is 17.5. The van der Waals surface area contributed by atoms with Gasteiger partial charge in [-0.05, 0) is 31.5 Å². The number of hydrogen-bond donors (Lipinski definition) is 3. The summed E-state index contributed by atoms with van der Waals surface area (Å²) in [5.41, 5.74) is 2.28. The Kier molecular flexibility index (Phi) is 10.7. The van der Waals surface area contributed by atoms with Gasteiger partial charge in [-0.1, -0.05) is 19.1 Å². The summed E-state index contributed by atoms with van der Waals surface area (Å²) >= 11 is 0. The van der Waals surface area contributed by atoms with E-state index in [0.717, 1.165) is 5.52 Å². The van der Waals surface area contributed by atoms with Crippen molar-refractivity contribution in [1.82, 2.24) is 15.0 Å². The summed E-state index contributed by atoms with van der Waals surface area (Å²) in [6.07, 6.45) is -2.96. The van der Waals surface area contributed by atoms with Crippen molar-refractivity contribution >= 4 is 21.8 Å². The van der Waals surface area contributed by atoms with Gasteiger partial charge in [-0.3, -0.25) is 9.19 Å². The second-order valence-corrected chi connectivity index (χ2v) is 7.94. The Morgan fingerprint density at radius 3 is 2.50 bits per heavy atom. The molecule has 0 aliphatic carbocycles. The number of halogens is 3. The predicted molar refractivity (Wildman–Crippen MR) is 114 cm³/mol. The predicted octanol–water partition coefficient (Wildman–Crippen LogP) is 2.44. The van der Waals surface area contributed by atoms with Crippen LogP contribution in [0.5, 0.6) is 5.75 Å². The summed E-state index contributed by atoms with van der Waals surface area (Å²) in [4.78, 5) is 11.3. The first-order valence-corrected chi connectivity index (χ1v) is 10.7. The van der Waals surface area contributed by atoms with Crippen LogP contribution >= 0.6 is 0 Å². The fourth-order valence-electron chi connectivity index (χ4n) is 2.38. The van der Waals surface area contributed by atoms with Gasteiger partial charge in [0.05, 0.1) is 46.0 Å². The zero-order valence-corrected chi connectivity index (χ0v) is 18.3.